The van der Waals surface area contributed by atoms with Gasteiger partial charge < -0.3 is 5.32 Å². The second-order valence-electron chi connectivity index (χ2n) is 3.28. The number of amides is 1. The lowest BCUT2D eigenvalue weighted by molar-refractivity contribution is -0.109. The first-order chi connectivity index (χ1) is 6.31. The summed E-state index contributed by atoms with van der Waals surface area (Å²) in [5.41, 5.74) is 1.10. The number of benzene rings is 1. The summed E-state index contributed by atoms with van der Waals surface area (Å²) in [6.07, 6.45) is 1.68. The molecule has 0 aromatic heterocycles. The van der Waals surface area contributed by atoms with Gasteiger partial charge in [0.1, 0.15) is 5.82 Å². The average Bonchev–Trinajstić information content (AvgIpc) is 2.86. The van der Waals surface area contributed by atoms with E-state index >= 15 is 0 Å². The highest BCUT2D eigenvalue weighted by molar-refractivity contribution is 5.49. The molecular formula is C10H10FNO. The first-order valence-corrected chi connectivity index (χ1v) is 4.26. The Hall–Kier alpha value is -1.38. The normalized spacial score (nSPS) is 25.3. The van der Waals surface area contributed by atoms with Gasteiger partial charge in [-0.25, -0.2) is 4.39 Å². The van der Waals surface area contributed by atoms with Crippen molar-refractivity contribution in [3.05, 3.63) is 35.6 Å². The smallest absolute Gasteiger partial charge is 0.207 e. The van der Waals surface area contributed by atoms with E-state index < -0.39 is 0 Å². The van der Waals surface area contributed by atoms with Crippen LogP contribution in [0.1, 0.15) is 17.9 Å². The van der Waals surface area contributed by atoms with E-state index in [9.17, 15) is 9.18 Å². The summed E-state index contributed by atoms with van der Waals surface area (Å²) in [6.45, 7) is 0. The van der Waals surface area contributed by atoms with Crippen molar-refractivity contribution in [1.29, 1.82) is 0 Å². The maximum absolute atomic E-state index is 12.5. The topological polar surface area (TPSA) is 29.1 Å². The molecule has 1 fully saturated rings. The molecule has 1 aliphatic carbocycles. The summed E-state index contributed by atoms with van der Waals surface area (Å²) >= 11 is 0. The SMILES string of the molecule is O=CNC1CC1c1ccc(F)cc1. The maximum Gasteiger partial charge on any atom is 0.207 e. The number of hydrogen-bond donors (Lipinski definition) is 1. The Balaban J connectivity index is 2.03. The van der Waals surface area contributed by atoms with Crippen molar-refractivity contribution < 1.29 is 9.18 Å². The van der Waals surface area contributed by atoms with Crippen LogP contribution in [-0.2, 0) is 4.79 Å². The van der Waals surface area contributed by atoms with Crippen molar-refractivity contribution in [1.82, 2.24) is 5.32 Å². The molecule has 0 radical (unpaired) electrons. The van der Waals surface area contributed by atoms with Gasteiger partial charge in [-0.15, -0.1) is 0 Å². The van der Waals surface area contributed by atoms with Crippen molar-refractivity contribution in [3.63, 3.8) is 0 Å². The summed E-state index contributed by atoms with van der Waals surface area (Å²) in [6, 6.07) is 6.69. The molecule has 1 aromatic rings. The van der Waals surface area contributed by atoms with Crippen LogP contribution in [0.5, 0.6) is 0 Å². The van der Waals surface area contributed by atoms with E-state index in [0.29, 0.717) is 12.3 Å². The fraction of sp³-hybridized carbons (Fsp3) is 0.300. The van der Waals surface area contributed by atoms with Gasteiger partial charge in [-0.2, -0.15) is 0 Å². The number of nitrogens with one attached hydrogen (secondary N) is 1. The monoisotopic (exact) mass is 179 g/mol. The van der Waals surface area contributed by atoms with Gasteiger partial charge in [0.2, 0.25) is 6.41 Å². The molecule has 2 unspecified atom stereocenters. The zero-order chi connectivity index (χ0) is 9.26. The Kier molecular flexibility index (Phi) is 2.00. The molecule has 1 aromatic carbocycles. The first-order valence-electron chi connectivity index (χ1n) is 4.26. The van der Waals surface area contributed by atoms with E-state index in [2.05, 4.69) is 5.32 Å². The van der Waals surface area contributed by atoms with Crippen LogP contribution in [0.25, 0.3) is 0 Å². The van der Waals surface area contributed by atoms with E-state index in [4.69, 9.17) is 0 Å². The summed E-state index contributed by atoms with van der Waals surface area (Å²) in [5.74, 6) is 0.162. The van der Waals surface area contributed by atoms with Crippen LogP contribution in [0, 0.1) is 5.82 Å². The molecule has 0 spiro atoms. The molecule has 1 amide bonds. The Morgan fingerprint density at radius 1 is 1.38 bits per heavy atom. The Morgan fingerprint density at radius 3 is 2.69 bits per heavy atom. The largest absolute Gasteiger partial charge is 0.355 e. The molecule has 0 saturated heterocycles. The van der Waals surface area contributed by atoms with Gasteiger partial charge >= 0.3 is 0 Å². The third-order valence-corrected chi connectivity index (χ3v) is 2.37. The highest BCUT2D eigenvalue weighted by atomic mass is 19.1. The van der Waals surface area contributed by atoms with Gasteiger partial charge in [0.15, 0.2) is 0 Å². The summed E-state index contributed by atoms with van der Waals surface area (Å²) in [7, 11) is 0. The molecule has 2 atom stereocenters. The maximum atomic E-state index is 12.5. The van der Waals surface area contributed by atoms with Gasteiger partial charge in [0, 0.05) is 12.0 Å². The molecule has 0 aliphatic heterocycles. The van der Waals surface area contributed by atoms with Crippen LogP contribution in [-0.4, -0.2) is 12.5 Å². The molecule has 0 bridgehead atoms. The van der Waals surface area contributed by atoms with E-state index in [1.807, 2.05) is 0 Å². The van der Waals surface area contributed by atoms with Gasteiger partial charge in [0.05, 0.1) is 0 Å². The van der Waals surface area contributed by atoms with Crippen molar-refractivity contribution in [2.75, 3.05) is 0 Å². The number of hydrogen-bond acceptors (Lipinski definition) is 1. The van der Waals surface area contributed by atoms with E-state index in [-0.39, 0.29) is 11.9 Å². The Morgan fingerprint density at radius 2 is 2.08 bits per heavy atom. The van der Waals surface area contributed by atoms with Crippen LogP contribution in [0.3, 0.4) is 0 Å². The van der Waals surface area contributed by atoms with Crippen molar-refractivity contribution in [3.8, 4) is 0 Å². The fourth-order valence-corrected chi connectivity index (χ4v) is 1.54. The zero-order valence-corrected chi connectivity index (χ0v) is 7.03. The predicted molar refractivity (Wildman–Crippen MR) is 46.7 cm³/mol. The van der Waals surface area contributed by atoms with Crippen LogP contribution >= 0.6 is 0 Å². The molecule has 3 heteroatoms. The summed E-state index contributed by atoms with van der Waals surface area (Å²) in [4.78, 5) is 10.1. The van der Waals surface area contributed by atoms with Gasteiger partial charge in [-0.3, -0.25) is 4.79 Å². The fourth-order valence-electron chi connectivity index (χ4n) is 1.54. The second kappa shape index (κ2) is 3.17. The Bertz CT molecular complexity index is 309. The second-order valence-corrected chi connectivity index (χ2v) is 3.28. The highest BCUT2D eigenvalue weighted by Gasteiger charge is 2.37. The molecule has 13 heavy (non-hydrogen) atoms. The van der Waals surface area contributed by atoms with Crippen LogP contribution < -0.4 is 5.32 Å². The molecule has 68 valence electrons. The minimum absolute atomic E-state index is 0.218. The molecule has 1 aliphatic rings. The number of carbonyl (C=O) groups excluding carboxylic acids is 1. The lowest BCUT2D eigenvalue weighted by Crippen LogP contribution is -2.14. The van der Waals surface area contributed by atoms with Crippen molar-refractivity contribution in [2.45, 2.75) is 18.4 Å². The molecular weight excluding hydrogens is 169 g/mol. The predicted octanol–water partition coefficient (Wildman–Crippen LogP) is 1.43. The summed E-state index contributed by atoms with van der Waals surface area (Å²) in [5, 5.41) is 2.71. The Labute approximate surface area is 75.8 Å². The molecule has 2 rings (SSSR count). The highest BCUT2D eigenvalue weighted by Crippen LogP contribution is 2.40. The minimum atomic E-state index is -0.218. The van der Waals surface area contributed by atoms with Gasteiger partial charge in [0.25, 0.3) is 0 Å². The van der Waals surface area contributed by atoms with Crippen LogP contribution in [0.4, 0.5) is 4.39 Å². The lowest BCUT2D eigenvalue weighted by atomic mass is 10.1. The van der Waals surface area contributed by atoms with Crippen molar-refractivity contribution >= 4 is 6.41 Å². The lowest BCUT2D eigenvalue weighted by Gasteiger charge is -1.98. The number of rotatable bonds is 3. The standard InChI is InChI=1S/C10H10FNO/c11-8-3-1-7(2-4-8)9-5-10(9)12-6-13/h1-4,6,9-10H,5H2,(H,12,13). The third-order valence-electron chi connectivity index (χ3n) is 2.37. The first kappa shape index (κ1) is 8.23. The van der Waals surface area contributed by atoms with E-state index in [1.54, 1.807) is 12.1 Å². The average molecular weight is 179 g/mol. The zero-order valence-electron chi connectivity index (χ0n) is 7.03. The number of carbonyl (C=O) groups is 1. The minimum Gasteiger partial charge on any atom is -0.355 e. The molecule has 2 nitrogen and oxygen atoms in total. The van der Waals surface area contributed by atoms with Crippen molar-refractivity contribution in [2.24, 2.45) is 0 Å². The van der Waals surface area contributed by atoms with Crippen LogP contribution in [0.2, 0.25) is 0 Å². The van der Waals surface area contributed by atoms with E-state index in [1.165, 1.54) is 12.1 Å². The van der Waals surface area contributed by atoms with E-state index in [0.717, 1.165) is 12.0 Å². The molecule has 1 N–H and O–H groups in total. The number of halogens is 1. The van der Waals surface area contributed by atoms with Gasteiger partial charge in [-0.05, 0) is 24.1 Å². The molecule has 1 saturated carbocycles. The quantitative estimate of drug-likeness (QED) is 0.699. The van der Waals surface area contributed by atoms with Crippen LogP contribution in [0.15, 0.2) is 24.3 Å². The third kappa shape index (κ3) is 1.69. The molecule has 0 heterocycles. The van der Waals surface area contributed by atoms with Gasteiger partial charge in [-0.1, -0.05) is 12.1 Å². The summed E-state index contributed by atoms with van der Waals surface area (Å²) < 4.78 is 12.5.